The van der Waals surface area contributed by atoms with E-state index in [-0.39, 0.29) is 0 Å². The zero-order chi connectivity index (χ0) is 14.8. The maximum absolute atomic E-state index is 12.5. The van der Waals surface area contributed by atoms with Crippen LogP contribution in [0.4, 0.5) is 18.9 Å². The second-order valence-corrected chi connectivity index (χ2v) is 6.05. The zero-order valence-corrected chi connectivity index (χ0v) is 13.0. The number of hydrogen-bond donors (Lipinski definition) is 1. The van der Waals surface area contributed by atoms with Crippen LogP contribution in [-0.2, 0) is 12.6 Å². The predicted molar refractivity (Wildman–Crippen MR) is 78.2 cm³/mol. The van der Waals surface area contributed by atoms with E-state index in [1.807, 2.05) is 12.3 Å². The summed E-state index contributed by atoms with van der Waals surface area (Å²) in [5.74, 6) is 0. The van der Waals surface area contributed by atoms with Crippen LogP contribution in [0.25, 0.3) is 0 Å². The van der Waals surface area contributed by atoms with Crippen LogP contribution in [0, 0.1) is 6.92 Å². The molecule has 0 atom stereocenters. The van der Waals surface area contributed by atoms with Gasteiger partial charge in [0.2, 0.25) is 0 Å². The Balaban J connectivity index is 1.96. The number of nitrogens with zero attached hydrogens (tertiary/aromatic N) is 1. The number of anilines is 1. The van der Waals surface area contributed by atoms with Crippen molar-refractivity contribution in [2.45, 2.75) is 19.5 Å². The summed E-state index contributed by atoms with van der Waals surface area (Å²) >= 11 is 4.74. The van der Waals surface area contributed by atoms with Gasteiger partial charge in [0.25, 0.3) is 0 Å². The third-order valence-electron chi connectivity index (χ3n) is 2.62. The molecule has 1 N–H and O–H groups in total. The molecule has 0 bridgehead atoms. The summed E-state index contributed by atoms with van der Waals surface area (Å²) in [7, 11) is 0. The molecule has 0 spiro atoms. The van der Waals surface area contributed by atoms with Crippen molar-refractivity contribution in [2.75, 3.05) is 11.9 Å². The SMILES string of the molecule is Cc1csc(CCNc2ccc(C(F)(F)F)cc2Br)n1. The molecule has 0 unspecified atom stereocenters. The quantitative estimate of drug-likeness (QED) is 0.835. The highest BCUT2D eigenvalue weighted by Gasteiger charge is 2.30. The number of thiazole rings is 1. The number of aromatic nitrogens is 1. The van der Waals surface area contributed by atoms with Crippen LogP contribution < -0.4 is 5.32 Å². The molecule has 1 aromatic carbocycles. The van der Waals surface area contributed by atoms with Crippen molar-refractivity contribution < 1.29 is 13.2 Å². The summed E-state index contributed by atoms with van der Waals surface area (Å²) in [5, 5.41) is 6.09. The van der Waals surface area contributed by atoms with Gasteiger partial charge in [0.1, 0.15) is 0 Å². The van der Waals surface area contributed by atoms with Crippen LogP contribution in [0.2, 0.25) is 0 Å². The molecule has 7 heteroatoms. The molecule has 1 aromatic heterocycles. The molecule has 0 aliphatic carbocycles. The van der Waals surface area contributed by atoms with Crippen molar-refractivity contribution in [3.63, 3.8) is 0 Å². The van der Waals surface area contributed by atoms with Crippen molar-refractivity contribution in [1.29, 1.82) is 0 Å². The minimum atomic E-state index is -4.32. The van der Waals surface area contributed by atoms with Gasteiger partial charge in [0.05, 0.1) is 10.6 Å². The van der Waals surface area contributed by atoms with Gasteiger partial charge in [-0.3, -0.25) is 0 Å². The van der Waals surface area contributed by atoms with Crippen molar-refractivity contribution in [1.82, 2.24) is 4.98 Å². The molecule has 1 heterocycles. The Kier molecular flexibility index (Phi) is 4.70. The highest BCUT2D eigenvalue weighted by atomic mass is 79.9. The van der Waals surface area contributed by atoms with Crippen LogP contribution in [0.5, 0.6) is 0 Å². The van der Waals surface area contributed by atoms with E-state index in [0.29, 0.717) is 16.7 Å². The lowest BCUT2D eigenvalue weighted by atomic mass is 10.2. The third kappa shape index (κ3) is 3.96. The van der Waals surface area contributed by atoms with Gasteiger partial charge >= 0.3 is 6.18 Å². The van der Waals surface area contributed by atoms with E-state index in [1.165, 1.54) is 6.07 Å². The average Bonchev–Trinajstić information content (AvgIpc) is 2.76. The molecule has 0 aliphatic heterocycles. The first kappa shape index (κ1) is 15.3. The minimum absolute atomic E-state index is 0.405. The zero-order valence-electron chi connectivity index (χ0n) is 10.6. The summed E-state index contributed by atoms with van der Waals surface area (Å²) in [6.07, 6.45) is -3.58. The molecule has 20 heavy (non-hydrogen) atoms. The average molecular weight is 365 g/mol. The number of hydrogen-bond acceptors (Lipinski definition) is 3. The molecule has 108 valence electrons. The molecule has 0 radical (unpaired) electrons. The molecular formula is C13H12BrF3N2S. The number of aryl methyl sites for hydroxylation is 1. The van der Waals surface area contributed by atoms with Gasteiger partial charge in [0, 0.05) is 34.2 Å². The van der Waals surface area contributed by atoms with Gasteiger partial charge in [0.15, 0.2) is 0 Å². The molecule has 0 aliphatic rings. The molecule has 0 fully saturated rings. The maximum Gasteiger partial charge on any atom is 0.416 e. The predicted octanol–water partition coefficient (Wildman–Crippen LogP) is 4.89. The Labute approximate surface area is 127 Å². The van der Waals surface area contributed by atoms with E-state index >= 15 is 0 Å². The largest absolute Gasteiger partial charge is 0.416 e. The molecule has 0 saturated carbocycles. The molecule has 0 amide bonds. The molecule has 0 saturated heterocycles. The first-order chi connectivity index (χ1) is 9.36. The monoisotopic (exact) mass is 364 g/mol. The molecule has 2 nitrogen and oxygen atoms in total. The van der Waals surface area contributed by atoms with Crippen molar-refractivity contribution in [3.05, 3.63) is 44.3 Å². The van der Waals surface area contributed by atoms with E-state index in [2.05, 4.69) is 26.2 Å². The summed E-state index contributed by atoms with van der Waals surface area (Å²) in [6.45, 7) is 2.55. The van der Waals surface area contributed by atoms with Gasteiger partial charge < -0.3 is 5.32 Å². The molecule has 2 rings (SSSR count). The lowest BCUT2D eigenvalue weighted by Crippen LogP contribution is -2.08. The Morgan fingerprint density at radius 1 is 1.35 bits per heavy atom. The minimum Gasteiger partial charge on any atom is -0.384 e. The first-order valence-corrected chi connectivity index (χ1v) is 7.55. The van der Waals surface area contributed by atoms with Crippen LogP contribution in [0.15, 0.2) is 28.1 Å². The summed E-state index contributed by atoms with van der Waals surface area (Å²) < 4.78 is 38.0. The fraction of sp³-hybridized carbons (Fsp3) is 0.308. The standard InChI is InChI=1S/C13H12BrF3N2S/c1-8-7-20-12(19-8)4-5-18-11-3-2-9(6-10(11)14)13(15,16)17/h2-3,6-7,18H,4-5H2,1H3. The van der Waals surface area contributed by atoms with Crippen molar-refractivity contribution >= 4 is 33.0 Å². The number of rotatable bonds is 4. The van der Waals surface area contributed by atoms with Gasteiger partial charge in [-0.1, -0.05) is 0 Å². The smallest absolute Gasteiger partial charge is 0.384 e. The summed E-state index contributed by atoms with van der Waals surface area (Å²) in [5.41, 5.74) is 0.970. The summed E-state index contributed by atoms with van der Waals surface area (Å²) in [6, 6.07) is 3.58. The highest BCUT2D eigenvalue weighted by molar-refractivity contribution is 9.10. The highest BCUT2D eigenvalue weighted by Crippen LogP contribution is 2.33. The Morgan fingerprint density at radius 3 is 2.65 bits per heavy atom. The van der Waals surface area contributed by atoms with Gasteiger partial charge in [-0.15, -0.1) is 11.3 Å². The number of halogens is 4. The lowest BCUT2D eigenvalue weighted by Gasteiger charge is -2.11. The maximum atomic E-state index is 12.5. The van der Waals surface area contributed by atoms with Crippen LogP contribution in [0.1, 0.15) is 16.3 Å². The third-order valence-corrected chi connectivity index (χ3v) is 4.30. The van der Waals surface area contributed by atoms with Crippen molar-refractivity contribution in [3.8, 4) is 0 Å². The lowest BCUT2D eigenvalue weighted by molar-refractivity contribution is -0.137. The Hall–Kier alpha value is -1.08. The Morgan fingerprint density at radius 2 is 2.10 bits per heavy atom. The van der Waals surface area contributed by atoms with Crippen molar-refractivity contribution in [2.24, 2.45) is 0 Å². The summed E-state index contributed by atoms with van der Waals surface area (Å²) in [4.78, 5) is 4.33. The van der Waals surface area contributed by atoms with E-state index in [4.69, 9.17) is 0 Å². The fourth-order valence-electron chi connectivity index (χ4n) is 1.66. The fourth-order valence-corrected chi connectivity index (χ4v) is 2.95. The van der Waals surface area contributed by atoms with E-state index in [0.717, 1.165) is 29.3 Å². The first-order valence-electron chi connectivity index (χ1n) is 5.88. The van der Waals surface area contributed by atoms with Crippen LogP contribution in [-0.4, -0.2) is 11.5 Å². The normalized spacial score (nSPS) is 11.7. The number of alkyl halides is 3. The number of benzene rings is 1. The van der Waals surface area contributed by atoms with Crippen LogP contribution in [0.3, 0.4) is 0 Å². The second kappa shape index (κ2) is 6.13. The number of nitrogens with one attached hydrogen (secondary N) is 1. The van der Waals surface area contributed by atoms with E-state index < -0.39 is 11.7 Å². The van der Waals surface area contributed by atoms with E-state index in [1.54, 1.807) is 11.3 Å². The van der Waals surface area contributed by atoms with Crippen LogP contribution >= 0.6 is 27.3 Å². The van der Waals surface area contributed by atoms with Gasteiger partial charge in [-0.25, -0.2) is 4.98 Å². The van der Waals surface area contributed by atoms with Gasteiger partial charge in [-0.2, -0.15) is 13.2 Å². The van der Waals surface area contributed by atoms with E-state index in [9.17, 15) is 13.2 Å². The van der Waals surface area contributed by atoms with Gasteiger partial charge in [-0.05, 0) is 41.1 Å². The Bertz CT molecular complexity index is 596. The molecule has 2 aromatic rings. The second-order valence-electron chi connectivity index (χ2n) is 4.25. The topological polar surface area (TPSA) is 24.9 Å². The molecular weight excluding hydrogens is 353 g/mol.